The maximum atomic E-state index is 13.1. The van der Waals surface area contributed by atoms with Gasteiger partial charge >= 0.3 is 11.9 Å². The van der Waals surface area contributed by atoms with Gasteiger partial charge < -0.3 is 20.1 Å². The van der Waals surface area contributed by atoms with Crippen molar-refractivity contribution in [3.05, 3.63) is 82.0 Å². The number of carbonyl (C=O) groups excluding carboxylic acids is 2. The number of nitrogens with two attached hydrogens (primary N) is 1. The molecule has 0 aliphatic carbocycles. The van der Waals surface area contributed by atoms with Gasteiger partial charge in [0.15, 0.2) is 5.13 Å². The Morgan fingerprint density at radius 2 is 1.60 bits per heavy atom. The van der Waals surface area contributed by atoms with Crippen LogP contribution in [-0.4, -0.2) is 38.6 Å². The number of allylic oxidation sites excluding steroid dienone is 2. The third kappa shape index (κ3) is 6.24. The van der Waals surface area contributed by atoms with Gasteiger partial charge in [-0.25, -0.2) is 28.1 Å². The molecule has 10 nitrogen and oxygen atoms in total. The molecule has 4 rings (SSSR count). The number of thiazole rings is 1. The van der Waals surface area contributed by atoms with Crippen LogP contribution in [0.5, 0.6) is 0 Å². The Balaban J connectivity index is 1.67. The number of aromatic nitrogens is 1. The number of nitrogens with one attached hydrogen (secondary N) is 2. The first-order valence-electron chi connectivity index (χ1n) is 12.5. The molecule has 40 heavy (non-hydrogen) atoms. The zero-order chi connectivity index (χ0) is 29.0. The van der Waals surface area contributed by atoms with Crippen LogP contribution in [0, 0.1) is 0 Å². The molecule has 0 amide bonds. The number of esters is 2. The number of dihydropyridines is 1. The van der Waals surface area contributed by atoms with E-state index in [1.807, 2.05) is 29.6 Å². The first-order chi connectivity index (χ1) is 19.0. The molecule has 3 aromatic rings. The number of hydrogen-bond donors (Lipinski definition) is 3. The molecule has 1 aliphatic heterocycles. The molecule has 0 atom stereocenters. The second-order valence-corrected chi connectivity index (χ2v) is 11.4. The van der Waals surface area contributed by atoms with Crippen LogP contribution in [0.2, 0.25) is 0 Å². The Labute approximate surface area is 237 Å². The topological polar surface area (TPSA) is 150 Å². The largest absolute Gasteiger partial charge is 0.463 e. The van der Waals surface area contributed by atoms with Crippen LogP contribution < -0.4 is 15.8 Å². The first-order valence-corrected chi connectivity index (χ1v) is 14.9. The molecule has 0 saturated heterocycles. The summed E-state index contributed by atoms with van der Waals surface area (Å²) in [5.74, 6) is -1.73. The fraction of sp³-hybridized carbons (Fsp3) is 0.250. The number of sulfonamides is 1. The van der Waals surface area contributed by atoms with Crippen LogP contribution in [0.1, 0.15) is 39.2 Å². The van der Waals surface area contributed by atoms with Gasteiger partial charge in [0.2, 0.25) is 10.0 Å². The predicted molar refractivity (Wildman–Crippen MR) is 153 cm³/mol. The highest BCUT2D eigenvalue weighted by molar-refractivity contribution is 7.89. The fourth-order valence-corrected chi connectivity index (χ4v) is 5.74. The number of primary sulfonamides is 1. The second kappa shape index (κ2) is 12.0. The average Bonchev–Trinajstić information content (AvgIpc) is 3.36. The Morgan fingerprint density at radius 1 is 1.00 bits per heavy atom. The van der Waals surface area contributed by atoms with E-state index in [1.54, 1.807) is 39.8 Å². The SMILES string of the molecule is CCOC(=O)C1=C(C)NC(C)=C(C(=O)OCC)C1c1cccc(Nc2nc(-c3ccc(S(N)(=O)=O)cc3)cs2)c1. The Bertz CT molecular complexity index is 1570. The van der Waals surface area contributed by atoms with Crippen LogP contribution in [0.15, 0.2) is 81.3 Å². The van der Waals surface area contributed by atoms with Crippen LogP contribution in [0.4, 0.5) is 10.8 Å². The molecule has 1 aromatic heterocycles. The van der Waals surface area contributed by atoms with Crippen molar-refractivity contribution in [2.75, 3.05) is 18.5 Å². The molecule has 0 radical (unpaired) electrons. The minimum absolute atomic E-state index is 0.0255. The number of carbonyl (C=O) groups is 2. The van der Waals surface area contributed by atoms with E-state index >= 15 is 0 Å². The summed E-state index contributed by atoms with van der Waals surface area (Å²) in [6, 6.07) is 13.6. The van der Waals surface area contributed by atoms with Gasteiger partial charge in [0.05, 0.1) is 40.9 Å². The molecular formula is C28H30N4O6S2. The number of ether oxygens (including phenoxy) is 2. The van der Waals surface area contributed by atoms with Gasteiger partial charge in [-0.1, -0.05) is 24.3 Å². The molecule has 210 valence electrons. The van der Waals surface area contributed by atoms with Gasteiger partial charge in [0.1, 0.15) is 0 Å². The number of anilines is 2. The summed E-state index contributed by atoms with van der Waals surface area (Å²) in [7, 11) is -3.78. The zero-order valence-electron chi connectivity index (χ0n) is 22.5. The number of nitrogens with zero attached hydrogens (tertiary/aromatic N) is 1. The first kappa shape index (κ1) is 29.0. The summed E-state index contributed by atoms with van der Waals surface area (Å²) in [6.07, 6.45) is 0. The highest BCUT2D eigenvalue weighted by Crippen LogP contribution is 2.40. The predicted octanol–water partition coefficient (Wildman–Crippen LogP) is 4.56. The lowest BCUT2D eigenvalue weighted by Gasteiger charge is -2.30. The molecule has 2 heterocycles. The summed E-state index contributed by atoms with van der Waals surface area (Å²) in [5, 5.41) is 14.0. The average molecular weight is 583 g/mol. The minimum atomic E-state index is -3.78. The summed E-state index contributed by atoms with van der Waals surface area (Å²) < 4.78 is 33.8. The number of hydrogen-bond acceptors (Lipinski definition) is 10. The van der Waals surface area contributed by atoms with Crippen molar-refractivity contribution in [3.8, 4) is 11.3 Å². The van der Waals surface area contributed by atoms with Crippen molar-refractivity contribution in [1.82, 2.24) is 10.3 Å². The fourth-order valence-electron chi connectivity index (χ4n) is 4.48. The Kier molecular flexibility index (Phi) is 8.72. The minimum Gasteiger partial charge on any atom is -0.463 e. The van der Waals surface area contributed by atoms with E-state index in [1.165, 1.54) is 23.5 Å². The maximum absolute atomic E-state index is 13.1. The maximum Gasteiger partial charge on any atom is 0.336 e. The summed E-state index contributed by atoms with van der Waals surface area (Å²) >= 11 is 1.37. The molecule has 0 spiro atoms. The second-order valence-electron chi connectivity index (χ2n) is 8.93. The van der Waals surface area contributed by atoms with E-state index in [9.17, 15) is 18.0 Å². The number of rotatable bonds is 9. The van der Waals surface area contributed by atoms with Crippen molar-refractivity contribution < 1.29 is 27.5 Å². The molecular weight excluding hydrogens is 552 g/mol. The quantitative estimate of drug-likeness (QED) is 0.309. The summed E-state index contributed by atoms with van der Waals surface area (Å²) in [6.45, 7) is 7.40. The van der Waals surface area contributed by atoms with Gasteiger partial charge in [0, 0.05) is 28.0 Å². The molecule has 1 aliphatic rings. The lowest BCUT2D eigenvalue weighted by atomic mass is 9.80. The monoisotopic (exact) mass is 582 g/mol. The third-order valence-electron chi connectivity index (χ3n) is 6.21. The molecule has 0 fully saturated rings. The zero-order valence-corrected chi connectivity index (χ0v) is 24.1. The Hall–Kier alpha value is -4.00. The molecule has 0 unspecified atom stereocenters. The lowest BCUT2D eigenvalue weighted by Crippen LogP contribution is -2.32. The van der Waals surface area contributed by atoms with E-state index in [0.29, 0.717) is 44.6 Å². The van der Waals surface area contributed by atoms with Gasteiger partial charge in [-0.3, -0.25) is 0 Å². The molecule has 12 heteroatoms. The summed E-state index contributed by atoms with van der Waals surface area (Å²) in [5.41, 5.74) is 4.68. The van der Waals surface area contributed by atoms with Crippen molar-refractivity contribution in [3.63, 3.8) is 0 Å². The third-order valence-corrected chi connectivity index (χ3v) is 7.89. The van der Waals surface area contributed by atoms with Crippen LogP contribution in [-0.2, 0) is 29.1 Å². The molecule has 4 N–H and O–H groups in total. The van der Waals surface area contributed by atoms with Gasteiger partial charge in [-0.05, 0) is 57.5 Å². The lowest BCUT2D eigenvalue weighted by molar-refractivity contribution is -0.139. The van der Waals surface area contributed by atoms with Crippen molar-refractivity contribution >= 4 is 44.1 Å². The Morgan fingerprint density at radius 3 is 2.15 bits per heavy atom. The molecule has 0 saturated carbocycles. The van der Waals surface area contributed by atoms with Crippen molar-refractivity contribution in [2.45, 2.75) is 38.5 Å². The van der Waals surface area contributed by atoms with E-state index in [2.05, 4.69) is 15.6 Å². The van der Waals surface area contributed by atoms with Gasteiger partial charge in [-0.15, -0.1) is 11.3 Å². The normalized spacial score (nSPS) is 14.1. The van der Waals surface area contributed by atoms with E-state index in [4.69, 9.17) is 14.6 Å². The highest BCUT2D eigenvalue weighted by atomic mass is 32.2. The smallest absolute Gasteiger partial charge is 0.336 e. The van der Waals surface area contributed by atoms with Crippen LogP contribution >= 0.6 is 11.3 Å². The van der Waals surface area contributed by atoms with Gasteiger partial charge in [-0.2, -0.15) is 0 Å². The van der Waals surface area contributed by atoms with E-state index < -0.39 is 27.9 Å². The van der Waals surface area contributed by atoms with Crippen LogP contribution in [0.3, 0.4) is 0 Å². The van der Waals surface area contributed by atoms with Crippen molar-refractivity contribution in [2.24, 2.45) is 5.14 Å². The van der Waals surface area contributed by atoms with E-state index in [-0.39, 0.29) is 18.1 Å². The highest BCUT2D eigenvalue weighted by Gasteiger charge is 2.38. The summed E-state index contributed by atoms with van der Waals surface area (Å²) in [4.78, 5) is 30.8. The van der Waals surface area contributed by atoms with Crippen molar-refractivity contribution in [1.29, 1.82) is 0 Å². The number of benzene rings is 2. The van der Waals surface area contributed by atoms with Crippen LogP contribution in [0.25, 0.3) is 11.3 Å². The van der Waals surface area contributed by atoms with E-state index in [0.717, 1.165) is 5.56 Å². The van der Waals surface area contributed by atoms with Gasteiger partial charge in [0.25, 0.3) is 0 Å². The molecule has 0 bridgehead atoms. The molecule has 2 aromatic carbocycles. The standard InChI is InChI=1S/C28H30N4O6S2/c1-5-37-26(33)23-16(3)30-17(4)24(27(34)38-6-2)25(23)19-8-7-9-20(14-19)31-28-32-22(15-39-28)18-10-12-21(13-11-18)40(29,35)36/h7-15,25,30H,5-6H2,1-4H3,(H,31,32)(H2,29,35,36).